The van der Waals surface area contributed by atoms with Crippen LogP contribution in [0, 0.1) is 17.3 Å². The maximum absolute atomic E-state index is 12.0. The Morgan fingerprint density at radius 1 is 1.20 bits per heavy atom. The van der Waals surface area contributed by atoms with Crippen LogP contribution in [0.25, 0.3) is 0 Å². The van der Waals surface area contributed by atoms with Crippen LogP contribution in [0.4, 0.5) is 4.79 Å². The molecule has 3 N–H and O–H groups in total. The van der Waals surface area contributed by atoms with E-state index in [2.05, 4.69) is 17.6 Å². The predicted molar refractivity (Wildman–Crippen MR) is 78.5 cm³/mol. The van der Waals surface area contributed by atoms with Gasteiger partial charge in [-0.1, -0.05) is 19.8 Å². The van der Waals surface area contributed by atoms with Gasteiger partial charge in [0.1, 0.15) is 0 Å². The zero-order valence-electron chi connectivity index (χ0n) is 13.2. The Morgan fingerprint density at radius 2 is 1.80 bits per heavy atom. The minimum absolute atomic E-state index is 0.288. The Hall–Kier alpha value is -1.26. The van der Waals surface area contributed by atoms with Gasteiger partial charge >= 0.3 is 12.0 Å². The van der Waals surface area contributed by atoms with Crippen molar-refractivity contribution in [3.8, 4) is 0 Å². The van der Waals surface area contributed by atoms with Crippen LogP contribution in [0.1, 0.15) is 53.9 Å². The second-order valence-corrected chi connectivity index (χ2v) is 7.06. The fourth-order valence-corrected chi connectivity index (χ4v) is 2.50. The molecule has 1 aliphatic carbocycles. The molecule has 0 aromatic carbocycles. The van der Waals surface area contributed by atoms with Gasteiger partial charge in [-0.15, -0.1) is 0 Å². The van der Waals surface area contributed by atoms with Crippen molar-refractivity contribution >= 4 is 12.0 Å². The average Bonchev–Trinajstić information content (AvgIpc) is 2.71. The molecule has 5 nitrogen and oxygen atoms in total. The number of amides is 2. The average molecular weight is 284 g/mol. The SMILES string of the molecule is CC1CCCC1CNC(=O)NC(C)(C)C(C)(C)C(=O)O. The van der Waals surface area contributed by atoms with Crippen molar-refractivity contribution in [2.45, 2.75) is 59.4 Å². The van der Waals surface area contributed by atoms with Crippen molar-refractivity contribution in [1.82, 2.24) is 10.6 Å². The van der Waals surface area contributed by atoms with Gasteiger partial charge in [-0.2, -0.15) is 0 Å². The molecule has 0 aliphatic heterocycles. The zero-order chi connectivity index (χ0) is 15.6. The van der Waals surface area contributed by atoms with Crippen molar-refractivity contribution in [3.05, 3.63) is 0 Å². The van der Waals surface area contributed by atoms with E-state index in [9.17, 15) is 14.7 Å². The van der Waals surface area contributed by atoms with Crippen molar-refractivity contribution in [1.29, 1.82) is 0 Å². The highest BCUT2D eigenvalue weighted by atomic mass is 16.4. The molecule has 2 unspecified atom stereocenters. The summed E-state index contributed by atoms with van der Waals surface area (Å²) in [6, 6.07) is -0.288. The second kappa shape index (κ2) is 6.02. The van der Waals surface area contributed by atoms with Gasteiger partial charge in [-0.05, 0) is 46.0 Å². The molecule has 0 aromatic heterocycles. The molecule has 1 fully saturated rings. The van der Waals surface area contributed by atoms with Crippen LogP contribution in [0.5, 0.6) is 0 Å². The van der Waals surface area contributed by atoms with E-state index in [1.54, 1.807) is 27.7 Å². The number of carboxylic acids is 1. The fourth-order valence-electron chi connectivity index (χ4n) is 2.50. The van der Waals surface area contributed by atoms with Crippen LogP contribution >= 0.6 is 0 Å². The van der Waals surface area contributed by atoms with E-state index in [-0.39, 0.29) is 6.03 Å². The van der Waals surface area contributed by atoms with E-state index in [4.69, 9.17) is 0 Å². The van der Waals surface area contributed by atoms with Gasteiger partial charge in [0.25, 0.3) is 0 Å². The maximum Gasteiger partial charge on any atom is 0.315 e. The van der Waals surface area contributed by atoms with E-state index in [1.807, 2.05) is 0 Å². The lowest BCUT2D eigenvalue weighted by Gasteiger charge is -2.38. The first kappa shape index (κ1) is 16.8. The number of carbonyl (C=O) groups excluding carboxylic acids is 1. The van der Waals surface area contributed by atoms with Crippen LogP contribution < -0.4 is 10.6 Å². The van der Waals surface area contributed by atoms with Crippen LogP contribution in [-0.2, 0) is 4.79 Å². The van der Waals surface area contributed by atoms with Crippen molar-refractivity contribution in [2.75, 3.05) is 6.54 Å². The van der Waals surface area contributed by atoms with Gasteiger partial charge in [-0.3, -0.25) is 4.79 Å². The zero-order valence-corrected chi connectivity index (χ0v) is 13.2. The molecule has 0 heterocycles. The van der Waals surface area contributed by atoms with Gasteiger partial charge in [-0.25, -0.2) is 4.79 Å². The minimum atomic E-state index is -1.04. The van der Waals surface area contributed by atoms with Crippen molar-refractivity contribution < 1.29 is 14.7 Å². The summed E-state index contributed by atoms with van der Waals surface area (Å²) in [6.45, 7) is 9.59. The number of hydrogen-bond donors (Lipinski definition) is 3. The molecule has 0 aromatic rings. The van der Waals surface area contributed by atoms with Crippen LogP contribution in [-0.4, -0.2) is 29.2 Å². The Labute approximate surface area is 121 Å². The number of carbonyl (C=O) groups is 2. The van der Waals surface area contributed by atoms with Gasteiger partial charge < -0.3 is 15.7 Å². The molecular weight excluding hydrogens is 256 g/mol. The van der Waals surface area contributed by atoms with Gasteiger partial charge in [0.15, 0.2) is 0 Å². The number of rotatable bonds is 5. The monoisotopic (exact) mass is 284 g/mol. The third kappa shape index (κ3) is 3.64. The molecule has 2 atom stereocenters. The molecule has 20 heavy (non-hydrogen) atoms. The number of nitrogens with one attached hydrogen (secondary N) is 2. The molecule has 5 heteroatoms. The molecule has 0 saturated heterocycles. The lowest BCUT2D eigenvalue weighted by atomic mass is 9.74. The van der Waals surface area contributed by atoms with Crippen molar-refractivity contribution in [3.63, 3.8) is 0 Å². The largest absolute Gasteiger partial charge is 0.481 e. The first-order valence-corrected chi connectivity index (χ1v) is 7.37. The Bertz CT molecular complexity index is 377. The van der Waals surface area contributed by atoms with E-state index in [0.29, 0.717) is 18.4 Å². The standard InChI is InChI=1S/C15H28N2O3/c1-10-7-6-8-11(10)9-16-13(20)17-15(4,5)14(2,3)12(18)19/h10-11H,6-9H2,1-5H3,(H,18,19)(H2,16,17,20). The molecular formula is C15H28N2O3. The van der Waals surface area contributed by atoms with Crippen LogP contribution in [0.2, 0.25) is 0 Å². The van der Waals surface area contributed by atoms with Crippen molar-refractivity contribution in [2.24, 2.45) is 17.3 Å². The molecule has 0 spiro atoms. The number of aliphatic carboxylic acids is 1. The molecule has 1 aliphatic rings. The molecule has 2 amide bonds. The van der Waals surface area contributed by atoms with E-state index < -0.39 is 16.9 Å². The normalized spacial score (nSPS) is 23.4. The Morgan fingerprint density at radius 3 is 2.25 bits per heavy atom. The quantitative estimate of drug-likeness (QED) is 0.726. The first-order chi connectivity index (χ1) is 9.08. The minimum Gasteiger partial charge on any atom is -0.481 e. The lowest BCUT2D eigenvalue weighted by Crippen LogP contribution is -2.59. The Balaban J connectivity index is 2.51. The summed E-state index contributed by atoms with van der Waals surface area (Å²) in [5.41, 5.74) is -1.87. The van der Waals surface area contributed by atoms with Gasteiger partial charge in [0.2, 0.25) is 0 Å². The highest BCUT2D eigenvalue weighted by Crippen LogP contribution is 2.31. The van der Waals surface area contributed by atoms with Gasteiger partial charge in [0.05, 0.1) is 11.0 Å². The second-order valence-electron chi connectivity index (χ2n) is 7.06. The van der Waals surface area contributed by atoms with Crippen LogP contribution in [0.15, 0.2) is 0 Å². The number of urea groups is 1. The number of hydrogen-bond acceptors (Lipinski definition) is 2. The highest BCUT2D eigenvalue weighted by Gasteiger charge is 2.44. The summed E-state index contributed by atoms with van der Waals surface area (Å²) in [4.78, 5) is 23.3. The smallest absolute Gasteiger partial charge is 0.315 e. The summed E-state index contributed by atoms with van der Waals surface area (Å²) in [7, 11) is 0. The molecule has 0 bridgehead atoms. The van der Waals surface area contributed by atoms with Crippen LogP contribution in [0.3, 0.4) is 0 Å². The predicted octanol–water partition coefficient (Wildman–Crippen LogP) is 2.61. The molecule has 1 rings (SSSR count). The van der Waals surface area contributed by atoms with E-state index >= 15 is 0 Å². The first-order valence-electron chi connectivity index (χ1n) is 7.37. The fraction of sp³-hybridized carbons (Fsp3) is 0.867. The molecule has 1 saturated carbocycles. The topological polar surface area (TPSA) is 78.4 Å². The summed E-state index contributed by atoms with van der Waals surface area (Å²) in [5.74, 6) is 0.266. The van der Waals surface area contributed by atoms with E-state index in [1.165, 1.54) is 12.8 Å². The van der Waals surface area contributed by atoms with Gasteiger partial charge in [0, 0.05) is 6.54 Å². The summed E-state index contributed by atoms with van der Waals surface area (Å²) in [6.07, 6.45) is 3.61. The molecule has 116 valence electrons. The lowest BCUT2D eigenvalue weighted by molar-refractivity contribution is -0.150. The third-order valence-electron chi connectivity index (χ3n) is 5.09. The number of carboxylic acid groups (broad SMARTS) is 1. The highest BCUT2D eigenvalue weighted by molar-refractivity contribution is 5.79. The van der Waals surface area contributed by atoms with E-state index in [0.717, 1.165) is 6.42 Å². The molecule has 0 radical (unpaired) electrons. The maximum atomic E-state index is 12.0. The summed E-state index contributed by atoms with van der Waals surface area (Å²) < 4.78 is 0. The summed E-state index contributed by atoms with van der Waals surface area (Å²) in [5, 5.41) is 14.9. The third-order valence-corrected chi connectivity index (χ3v) is 5.09. The summed E-state index contributed by atoms with van der Waals surface area (Å²) >= 11 is 0. The Kier molecular flexibility index (Phi) is 5.05.